The summed E-state index contributed by atoms with van der Waals surface area (Å²) >= 11 is 0. The molecule has 1 amide bonds. The maximum absolute atomic E-state index is 13.0. The van der Waals surface area contributed by atoms with Gasteiger partial charge >= 0.3 is 6.18 Å². The zero-order valence-electron chi connectivity index (χ0n) is 13.9. The Bertz CT molecular complexity index is 617. The summed E-state index contributed by atoms with van der Waals surface area (Å²) < 4.78 is 40.0. The van der Waals surface area contributed by atoms with Gasteiger partial charge in [0.1, 0.15) is 0 Å². The van der Waals surface area contributed by atoms with Crippen LogP contribution in [0.15, 0.2) is 11.2 Å². The van der Waals surface area contributed by atoms with Crippen molar-refractivity contribution in [2.24, 2.45) is 12.0 Å². The molecule has 10 heteroatoms. The van der Waals surface area contributed by atoms with Crippen molar-refractivity contribution in [2.45, 2.75) is 19.6 Å². The molecule has 0 saturated carbocycles. The van der Waals surface area contributed by atoms with Gasteiger partial charge in [0.05, 0.1) is 0 Å². The lowest BCUT2D eigenvalue weighted by atomic mass is 10.2. The highest BCUT2D eigenvalue weighted by molar-refractivity contribution is 5.80. The molecule has 1 fully saturated rings. The van der Waals surface area contributed by atoms with Crippen molar-refractivity contribution in [3.63, 3.8) is 0 Å². The van der Waals surface area contributed by atoms with Crippen molar-refractivity contribution in [3.05, 3.63) is 17.5 Å². The number of aryl methyl sites for hydroxylation is 1. The summed E-state index contributed by atoms with van der Waals surface area (Å²) in [6.07, 6.45) is -3.15. The molecule has 0 radical (unpaired) electrons. The third kappa shape index (κ3) is 4.18. The van der Waals surface area contributed by atoms with Crippen LogP contribution in [0, 0.1) is 0 Å². The number of hydrogen-bond donors (Lipinski definition) is 1. The van der Waals surface area contributed by atoms with Gasteiger partial charge in [0.25, 0.3) is 0 Å². The number of aliphatic imine (C=N–C) groups is 1. The highest BCUT2D eigenvalue weighted by atomic mass is 19.4. The Morgan fingerprint density at radius 2 is 1.88 bits per heavy atom. The third-order valence-electron chi connectivity index (χ3n) is 3.85. The van der Waals surface area contributed by atoms with Crippen LogP contribution in [0.4, 0.5) is 13.2 Å². The van der Waals surface area contributed by atoms with E-state index in [1.165, 1.54) is 20.2 Å². The van der Waals surface area contributed by atoms with Gasteiger partial charge in [-0.2, -0.15) is 18.3 Å². The highest BCUT2D eigenvalue weighted by Gasteiger charge is 2.36. The summed E-state index contributed by atoms with van der Waals surface area (Å²) in [4.78, 5) is 19.1. The number of nitrogens with zero attached hydrogens (tertiary/aromatic N) is 5. The summed E-state index contributed by atoms with van der Waals surface area (Å²) in [5.41, 5.74) is -0.831. The number of carbonyl (C=O) groups is 1. The van der Waals surface area contributed by atoms with Gasteiger partial charge in [0, 0.05) is 65.5 Å². The predicted molar refractivity (Wildman–Crippen MR) is 82.2 cm³/mol. The number of hydrogen-bond acceptors (Lipinski definition) is 3. The standard InChI is InChI=1S/C14H21F3N6O/c1-10(24)22-4-6-23(7-5-22)13(18-2)19-8-11-9-21(3)20-12(11)14(15,16)17/h9H,4-8H2,1-3H3,(H,18,19). The van der Waals surface area contributed by atoms with Crippen LogP contribution in [-0.2, 0) is 24.6 Å². The van der Waals surface area contributed by atoms with Gasteiger partial charge in [-0.3, -0.25) is 14.5 Å². The van der Waals surface area contributed by atoms with Gasteiger partial charge in [-0.05, 0) is 0 Å². The van der Waals surface area contributed by atoms with Crippen LogP contribution in [0.1, 0.15) is 18.2 Å². The smallest absolute Gasteiger partial charge is 0.352 e. The van der Waals surface area contributed by atoms with Crippen molar-refractivity contribution in [1.29, 1.82) is 0 Å². The first-order chi connectivity index (χ1) is 11.2. The van der Waals surface area contributed by atoms with Crippen LogP contribution in [0.3, 0.4) is 0 Å². The lowest BCUT2D eigenvalue weighted by Gasteiger charge is -2.36. The van der Waals surface area contributed by atoms with Gasteiger partial charge in [-0.25, -0.2) is 0 Å². The van der Waals surface area contributed by atoms with Crippen LogP contribution in [-0.4, -0.2) is 64.7 Å². The summed E-state index contributed by atoms with van der Waals surface area (Å²) in [5, 5.41) is 6.43. The molecule has 0 aromatic carbocycles. The topological polar surface area (TPSA) is 65.8 Å². The van der Waals surface area contributed by atoms with Crippen molar-refractivity contribution in [3.8, 4) is 0 Å². The predicted octanol–water partition coefficient (Wildman–Crippen LogP) is 0.678. The van der Waals surface area contributed by atoms with Gasteiger partial charge < -0.3 is 15.1 Å². The maximum atomic E-state index is 13.0. The van der Waals surface area contributed by atoms with E-state index < -0.39 is 11.9 Å². The molecule has 24 heavy (non-hydrogen) atoms. The number of amides is 1. The molecule has 2 rings (SSSR count). The van der Waals surface area contributed by atoms with Crippen molar-refractivity contribution in [2.75, 3.05) is 33.2 Å². The number of piperazine rings is 1. The first-order valence-electron chi connectivity index (χ1n) is 7.53. The Morgan fingerprint density at radius 3 is 2.38 bits per heavy atom. The van der Waals surface area contributed by atoms with Crippen LogP contribution >= 0.6 is 0 Å². The van der Waals surface area contributed by atoms with Gasteiger partial charge in [0.15, 0.2) is 11.7 Å². The number of halogens is 3. The second-order valence-corrected chi connectivity index (χ2v) is 5.57. The van der Waals surface area contributed by atoms with Gasteiger partial charge in [-0.15, -0.1) is 0 Å². The summed E-state index contributed by atoms with van der Waals surface area (Å²) in [6, 6.07) is 0. The number of rotatable bonds is 2. The number of alkyl halides is 3. The van der Waals surface area contributed by atoms with E-state index in [9.17, 15) is 18.0 Å². The second-order valence-electron chi connectivity index (χ2n) is 5.57. The monoisotopic (exact) mass is 346 g/mol. The van der Waals surface area contributed by atoms with Crippen molar-refractivity contribution < 1.29 is 18.0 Å². The zero-order chi connectivity index (χ0) is 17.9. The largest absolute Gasteiger partial charge is 0.435 e. The van der Waals surface area contributed by atoms with Gasteiger partial charge in [0.2, 0.25) is 5.91 Å². The first-order valence-corrected chi connectivity index (χ1v) is 7.53. The maximum Gasteiger partial charge on any atom is 0.435 e. The molecule has 0 unspecified atom stereocenters. The van der Waals surface area contributed by atoms with Crippen LogP contribution in [0.2, 0.25) is 0 Å². The van der Waals surface area contributed by atoms with E-state index in [1.807, 2.05) is 4.90 Å². The highest BCUT2D eigenvalue weighted by Crippen LogP contribution is 2.30. The molecule has 2 heterocycles. The summed E-state index contributed by atoms with van der Waals surface area (Å²) in [6.45, 7) is 3.79. The van der Waals surface area contributed by atoms with Crippen LogP contribution < -0.4 is 5.32 Å². The SMILES string of the molecule is CN=C(NCc1cn(C)nc1C(F)(F)F)N1CCN(C(C)=O)CC1. The van der Waals surface area contributed by atoms with E-state index in [1.54, 1.807) is 11.9 Å². The summed E-state index contributed by atoms with van der Waals surface area (Å²) in [5.74, 6) is 0.526. The molecule has 0 bridgehead atoms. The Labute approximate surface area is 138 Å². The molecule has 1 N–H and O–H groups in total. The molecule has 134 valence electrons. The fourth-order valence-electron chi connectivity index (χ4n) is 2.65. The van der Waals surface area contributed by atoms with E-state index in [0.717, 1.165) is 4.68 Å². The molecular weight excluding hydrogens is 325 g/mol. The Morgan fingerprint density at radius 1 is 1.29 bits per heavy atom. The Kier molecular flexibility index (Phi) is 5.35. The molecule has 0 spiro atoms. The number of aromatic nitrogens is 2. The Balaban J connectivity index is 2.00. The average molecular weight is 346 g/mol. The van der Waals surface area contributed by atoms with Crippen LogP contribution in [0.5, 0.6) is 0 Å². The molecule has 1 saturated heterocycles. The van der Waals surface area contributed by atoms with E-state index in [-0.39, 0.29) is 18.0 Å². The minimum absolute atomic E-state index is 0.0165. The lowest BCUT2D eigenvalue weighted by molar-refractivity contribution is -0.142. The average Bonchev–Trinajstić information content (AvgIpc) is 2.89. The minimum Gasteiger partial charge on any atom is -0.352 e. The quantitative estimate of drug-likeness (QED) is 0.632. The molecule has 7 nitrogen and oxygen atoms in total. The fraction of sp³-hybridized carbons (Fsp3) is 0.643. The molecule has 1 aliphatic rings. The zero-order valence-corrected chi connectivity index (χ0v) is 13.9. The fourth-order valence-corrected chi connectivity index (χ4v) is 2.65. The molecule has 1 aliphatic heterocycles. The number of guanidine groups is 1. The summed E-state index contributed by atoms with van der Waals surface area (Å²) in [7, 11) is 3.03. The third-order valence-corrected chi connectivity index (χ3v) is 3.85. The molecule has 0 aliphatic carbocycles. The number of nitrogens with one attached hydrogen (secondary N) is 1. The minimum atomic E-state index is -4.49. The first kappa shape index (κ1) is 18.1. The normalized spacial score (nSPS) is 16.5. The molecule has 1 aromatic rings. The molecule has 1 aromatic heterocycles. The van der Waals surface area contributed by atoms with E-state index >= 15 is 0 Å². The van der Waals surface area contributed by atoms with Crippen molar-refractivity contribution in [1.82, 2.24) is 24.9 Å². The lowest BCUT2D eigenvalue weighted by Crippen LogP contribution is -2.53. The Hall–Kier alpha value is -2.26. The van der Waals surface area contributed by atoms with Crippen LogP contribution in [0.25, 0.3) is 0 Å². The molecular formula is C14H21F3N6O. The van der Waals surface area contributed by atoms with E-state index in [0.29, 0.717) is 32.1 Å². The molecule has 0 atom stereocenters. The number of carbonyl (C=O) groups excluding carboxylic acids is 1. The van der Waals surface area contributed by atoms with Crippen molar-refractivity contribution >= 4 is 11.9 Å². The second kappa shape index (κ2) is 7.10. The van der Waals surface area contributed by atoms with Gasteiger partial charge in [-0.1, -0.05) is 0 Å². The van der Waals surface area contributed by atoms with E-state index in [4.69, 9.17) is 0 Å². The van der Waals surface area contributed by atoms with E-state index in [2.05, 4.69) is 15.4 Å².